The van der Waals surface area contributed by atoms with Crippen LogP contribution in [-0.4, -0.2) is 24.0 Å². The average molecular weight is 458 g/mol. The molecule has 0 aliphatic heterocycles. The molecule has 24 heavy (non-hydrogen) atoms. The van der Waals surface area contributed by atoms with Gasteiger partial charge in [0.2, 0.25) is 0 Å². The molecule has 0 aliphatic carbocycles. The van der Waals surface area contributed by atoms with Gasteiger partial charge < -0.3 is 10.6 Å². The van der Waals surface area contributed by atoms with Crippen LogP contribution < -0.4 is 10.6 Å². The van der Waals surface area contributed by atoms with Crippen LogP contribution in [0.2, 0.25) is 0 Å². The summed E-state index contributed by atoms with van der Waals surface area (Å²) < 4.78 is 0. The fourth-order valence-corrected chi connectivity index (χ4v) is 3.01. The summed E-state index contributed by atoms with van der Waals surface area (Å²) >= 11 is 1.70. The summed E-state index contributed by atoms with van der Waals surface area (Å²) in [5.41, 5.74) is 4.99. The van der Waals surface area contributed by atoms with Crippen molar-refractivity contribution < 1.29 is 0 Å². The molecule has 0 unspecified atom stereocenters. The van der Waals surface area contributed by atoms with Crippen molar-refractivity contribution in [1.82, 2.24) is 15.6 Å². The molecule has 0 saturated heterocycles. The number of aryl methyl sites for hydroxylation is 3. The molecule has 132 valence electrons. The number of aromatic nitrogens is 1. The highest BCUT2D eigenvalue weighted by Gasteiger charge is 2.02. The van der Waals surface area contributed by atoms with Gasteiger partial charge in [-0.1, -0.05) is 23.8 Å². The summed E-state index contributed by atoms with van der Waals surface area (Å²) in [6, 6.07) is 6.51. The minimum atomic E-state index is 0. The van der Waals surface area contributed by atoms with E-state index in [1.165, 1.54) is 16.7 Å². The van der Waals surface area contributed by atoms with Crippen LogP contribution in [0.1, 0.15) is 34.3 Å². The van der Waals surface area contributed by atoms with E-state index in [-0.39, 0.29) is 24.0 Å². The smallest absolute Gasteiger partial charge is 0.191 e. The van der Waals surface area contributed by atoms with E-state index in [1.54, 1.807) is 11.3 Å². The first-order valence-corrected chi connectivity index (χ1v) is 8.95. The first-order valence-electron chi connectivity index (χ1n) is 8.07. The van der Waals surface area contributed by atoms with Gasteiger partial charge in [-0.3, -0.25) is 0 Å². The Hall–Kier alpha value is -1.15. The molecule has 1 aromatic heterocycles. The number of aliphatic imine (C=N–C) groups is 1. The van der Waals surface area contributed by atoms with Crippen molar-refractivity contribution in [2.45, 2.75) is 40.7 Å². The second-order valence-corrected chi connectivity index (χ2v) is 6.72. The Morgan fingerprint density at radius 1 is 1.21 bits per heavy atom. The van der Waals surface area contributed by atoms with Gasteiger partial charge in [-0.25, -0.2) is 9.98 Å². The molecule has 4 nitrogen and oxygen atoms in total. The maximum atomic E-state index is 4.69. The fourth-order valence-electron chi connectivity index (χ4n) is 2.36. The molecule has 0 bridgehead atoms. The number of halogens is 1. The van der Waals surface area contributed by atoms with E-state index in [1.807, 2.05) is 6.92 Å². The SMILES string of the molecule is CCNC(=NCc1ccc(C)cc1C)NCCc1csc(C)n1.I. The third kappa shape index (κ3) is 6.76. The van der Waals surface area contributed by atoms with Crippen LogP contribution in [-0.2, 0) is 13.0 Å². The topological polar surface area (TPSA) is 49.3 Å². The van der Waals surface area contributed by atoms with Crippen LogP contribution in [0.15, 0.2) is 28.6 Å². The molecule has 0 fully saturated rings. The molecule has 0 amide bonds. The Bertz CT molecular complexity index is 667. The summed E-state index contributed by atoms with van der Waals surface area (Å²) in [4.78, 5) is 9.17. The highest BCUT2D eigenvalue weighted by Crippen LogP contribution is 2.11. The zero-order valence-electron chi connectivity index (χ0n) is 14.8. The molecular weight excluding hydrogens is 431 g/mol. The van der Waals surface area contributed by atoms with Crippen molar-refractivity contribution in [3.8, 4) is 0 Å². The van der Waals surface area contributed by atoms with Gasteiger partial charge in [0.05, 0.1) is 17.2 Å². The number of hydrogen-bond acceptors (Lipinski definition) is 3. The highest BCUT2D eigenvalue weighted by molar-refractivity contribution is 14.0. The summed E-state index contributed by atoms with van der Waals surface area (Å²) in [6.07, 6.45) is 0.915. The van der Waals surface area contributed by atoms with E-state index < -0.39 is 0 Å². The predicted octanol–water partition coefficient (Wildman–Crippen LogP) is 3.98. The van der Waals surface area contributed by atoms with Crippen molar-refractivity contribution in [2.75, 3.05) is 13.1 Å². The molecule has 0 spiro atoms. The third-order valence-corrected chi connectivity index (χ3v) is 4.41. The van der Waals surface area contributed by atoms with E-state index in [0.717, 1.165) is 36.2 Å². The van der Waals surface area contributed by atoms with Crippen molar-refractivity contribution in [1.29, 1.82) is 0 Å². The fraction of sp³-hybridized carbons (Fsp3) is 0.444. The molecular formula is C18H27IN4S. The maximum absolute atomic E-state index is 4.69. The maximum Gasteiger partial charge on any atom is 0.191 e. The molecule has 0 aliphatic rings. The van der Waals surface area contributed by atoms with Crippen LogP contribution in [0.3, 0.4) is 0 Å². The molecule has 2 aromatic rings. The first-order chi connectivity index (χ1) is 11.1. The number of nitrogens with zero attached hydrogens (tertiary/aromatic N) is 2. The number of thiazole rings is 1. The van der Waals surface area contributed by atoms with E-state index in [0.29, 0.717) is 6.54 Å². The van der Waals surface area contributed by atoms with Crippen LogP contribution in [0.25, 0.3) is 0 Å². The summed E-state index contributed by atoms with van der Waals surface area (Å²) in [6.45, 7) is 10.8. The van der Waals surface area contributed by atoms with Crippen molar-refractivity contribution in [2.24, 2.45) is 4.99 Å². The van der Waals surface area contributed by atoms with Gasteiger partial charge in [0.25, 0.3) is 0 Å². The van der Waals surface area contributed by atoms with Crippen LogP contribution >= 0.6 is 35.3 Å². The average Bonchev–Trinajstić information content (AvgIpc) is 2.91. The highest BCUT2D eigenvalue weighted by atomic mass is 127. The molecule has 2 N–H and O–H groups in total. The lowest BCUT2D eigenvalue weighted by Crippen LogP contribution is -2.38. The zero-order valence-corrected chi connectivity index (χ0v) is 18.0. The normalized spacial score (nSPS) is 11.1. The van der Waals surface area contributed by atoms with Gasteiger partial charge in [-0.05, 0) is 38.8 Å². The molecule has 1 aromatic carbocycles. The number of hydrogen-bond donors (Lipinski definition) is 2. The van der Waals surface area contributed by atoms with Crippen molar-refractivity contribution >= 4 is 41.3 Å². The second kappa shape index (κ2) is 10.7. The number of rotatable bonds is 6. The molecule has 2 rings (SSSR count). The lowest BCUT2D eigenvalue weighted by Gasteiger charge is -2.11. The van der Waals surface area contributed by atoms with E-state index >= 15 is 0 Å². The first kappa shape index (κ1) is 20.9. The third-order valence-electron chi connectivity index (χ3n) is 3.59. The molecule has 0 atom stereocenters. The molecule has 1 heterocycles. The van der Waals surface area contributed by atoms with Crippen LogP contribution in [0, 0.1) is 20.8 Å². The Kier molecular flexibility index (Phi) is 9.28. The minimum absolute atomic E-state index is 0. The quantitative estimate of drug-likeness (QED) is 0.391. The lowest BCUT2D eigenvalue weighted by molar-refractivity contribution is 0.789. The van der Waals surface area contributed by atoms with Crippen LogP contribution in [0.5, 0.6) is 0 Å². The second-order valence-electron chi connectivity index (χ2n) is 5.66. The Morgan fingerprint density at radius 2 is 2.00 bits per heavy atom. The Labute approximate surface area is 166 Å². The van der Waals surface area contributed by atoms with Gasteiger partial charge in [-0.15, -0.1) is 35.3 Å². The van der Waals surface area contributed by atoms with E-state index in [2.05, 4.69) is 65.0 Å². The summed E-state index contributed by atoms with van der Waals surface area (Å²) in [5, 5.41) is 9.92. The Balaban J connectivity index is 0.00000288. The molecule has 0 saturated carbocycles. The number of guanidine groups is 1. The molecule has 0 radical (unpaired) electrons. The molecule has 6 heteroatoms. The van der Waals surface area contributed by atoms with E-state index in [4.69, 9.17) is 0 Å². The summed E-state index contributed by atoms with van der Waals surface area (Å²) in [5.74, 6) is 0.861. The van der Waals surface area contributed by atoms with Gasteiger partial charge >= 0.3 is 0 Å². The summed E-state index contributed by atoms with van der Waals surface area (Å²) in [7, 11) is 0. The van der Waals surface area contributed by atoms with Gasteiger partial charge in [0, 0.05) is 24.9 Å². The monoisotopic (exact) mass is 458 g/mol. The number of benzene rings is 1. The number of nitrogens with one attached hydrogen (secondary N) is 2. The van der Waals surface area contributed by atoms with Crippen molar-refractivity contribution in [3.05, 3.63) is 51.0 Å². The lowest BCUT2D eigenvalue weighted by atomic mass is 10.1. The van der Waals surface area contributed by atoms with Gasteiger partial charge in [0.1, 0.15) is 0 Å². The van der Waals surface area contributed by atoms with Crippen molar-refractivity contribution in [3.63, 3.8) is 0 Å². The zero-order chi connectivity index (χ0) is 16.7. The van der Waals surface area contributed by atoms with Gasteiger partial charge in [0.15, 0.2) is 5.96 Å². The largest absolute Gasteiger partial charge is 0.357 e. The standard InChI is InChI=1S/C18H26N4S.HI/c1-5-19-18(20-9-8-17-12-23-15(4)22-17)21-11-16-7-6-13(2)10-14(16)3;/h6-7,10,12H,5,8-9,11H2,1-4H3,(H2,19,20,21);1H. The predicted molar refractivity (Wildman–Crippen MR) is 115 cm³/mol. The van der Waals surface area contributed by atoms with Gasteiger partial charge in [-0.2, -0.15) is 0 Å². The van der Waals surface area contributed by atoms with E-state index in [9.17, 15) is 0 Å². The minimum Gasteiger partial charge on any atom is -0.357 e. The van der Waals surface area contributed by atoms with Crippen LogP contribution in [0.4, 0.5) is 0 Å². The Morgan fingerprint density at radius 3 is 2.62 bits per heavy atom.